The molecule has 1 aromatic heterocycles. The van der Waals surface area contributed by atoms with Crippen molar-refractivity contribution >= 4 is 17.4 Å². The molecule has 0 radical (unpaired) electrons. The van der Waals surface area contributed by atoms with E-state index in [4.69, 9.17) is 5.73 Å². The van der Waals surface area contributed by atoms with E-state index in [1.54, 1.807) is 0 Å². The van der Waals surface area contributed by atoms with Crippen molar-refractivity contribution in [3.05, 3.63) is 53.5 Å². The minimum Gasteiger partial charge on any atom is -0.383 e. The Kier molecular flexibility index (Phi) is 3.37. The third-order valence-corrected chi connectivity index (χ3v) is 2.31. The fraction of sp³-hybridized carbons (Fsp3) is 0. The first-order valence-corrected chi connectivity index (χ1v) is 5.15. The van der Waals surface area contributed by atoms with Crippen LogP contribution in [-0.4, -0.2) is 10.9 Å². The number of carbonyl (C=O) groups is 1. The average molecular weight is 267 g/mol. The van der Waals surface area contributed by atoms with Crippen molar-refractivity contribution in [2.75, 3.05) is 11.1 Å². The van der Waals surface area contributed by atoms with Gasteiger partial charge in [-0.1, -0.05) is 0 Å². The summed E-state index contributed by atoms with van der Waals surface area (Å²) in [5.74, 6) is -3.81. The van der Waals surface area contributed by atoms with E-state index >= 15 is 0 Å². The van der Waals surface area contributed by atoms with E-state index in [2.05, 4.69) is 10.3 Å². The minimum absolute atomic E-state index is 0.0209. The molecule has 0 spiro atoms. The van der Waals surface area contributed by atoms with Gasteiger partial charge in [0.25, 0.3) is 5.91 Å². The van der Waals surface area contributed by atoms with E-state index in [1.807, 2.05) is 0 Å². The highest BCUT2D eigenvalue weighted by molar-refractivity contribution is 6.07. The molecule has 0 aliphatic carbocycles. The van der Waals surface area contributed by atoms with Crippen LogP contribution in [0.3, 0.4) is 0 Å². The summed E-state index contributed by atoms with van der Waals surface area (Å²) in [7, 11) is 0. The number of pyridine rings is 1. The number of hydrogen-bond donors (Lipinski definition) is 2. The van der Waals surface area contributed by atoms with Gasteiger partial charge in [0, 0.05) is 11.8 Å². The average Bonchev–Trinajstić information content (AvgIpc) is 2.36. The Bertz CT molecular complexity index is 646. The molecule has 0 aliphatic heterocycles. The monoisotopic (exact) mass is 267 g/mol. The first-order valence-electron chi connectivity index (χ1n) is 5.15. The molecule has 4 nitrogen and oxygen atoms in total. The SMILES string of the molecule is Nc1ncc(F)cc1C(=O)Nc1ccc(F)c(F)c1. The number of amides is 1. The van der Waals surface area contributed by atoms with Gasteiger partial charge in [0.15, 0.2) is 11.6 Å². The van der Waals surface area contributed by atoms with Gasteiger partial charge in [0.1, 0.15) is 11.6 Å². The number of benzene rings is 1. The van der Waals surface area contributed by atoms with Gasteiger partial charge in [0.05, 0.1) is 11.8 Å². The zero-order valence-electron chi connectivity index (χ0n) is 9.45. The topological polar surface area (TPSA) is 68.0 Å². The lowest BCUT2D eigenvalue weighted by atomic mass is 10.2. The molecule has 0 fully saturated rings. The van der Waals surface area contributed by atoms with Gasteiger partial charge in [-0.05, 0) is 18.2 Å². The van der Waals surface area contributed by atoms with Crippen molar-refractivity contribution in [1.82, 2.24) is 4.98 Å². The Labute approximate surface area is 106 Å². The van der Waals surface area contributed by atoms with Crippen LogP contribution in [0.2, 0.25) is 0 Å². The number of aromatic nitrogens is 1. The second kappa shape index (κ2) is 4.97. The van der Waals surface area contributed by atoms with Crippen LogP contribution in [0.4, 0.5) is 24.7 Å². The van der Waals surface area contributed by atoms with Crippen LogP contribution >= 0.6 is 0 Å². The van der Waals surface area contributed by atoms with Gasteiger partial charge in [-0.3, -0.25) is 4.79 Å². The molecule has 0 bridgehead atoms. The summed E-state index contributed by atoms with van der Waals surface area (Å²) in [5, 5.41) is 2.26. The summed E-state index contributed by atoms with van der Waals surface area (Å²) < 4.78 is 38.6. The Morgan fingerprint density at radius 1 is 1.16 bits per heavy atom. The van der Waals surface area contributed by atoms with Crippen LogP contribution in [0.1, 0.15) is 10.4 Å². The fourth-order valence-corrected chi connectivity index (χ4v) is 1.40. The van der Waals surface area contributed by atoms with Crippen LogP contribution < -0.4 is 11.1 Å². The molecule has 1 heterocycles. The second-order valence-electron chi connectivity index (χ2n) is 3.67. The van der Waals surface area contributed by atoms with Crippen molar-refractivity contribution in [3.63, 3.8) is 0 Å². The lowest BCUT2D eigenvalue weighted by molar-refractivity contribution is 0.102. The van der Waals surface area contributed by atoms with Crippen molar-refractivity contribution in [2.24, 2.45) is 0 Å². The number of nitrogens with zero attached hydrogens (tertiary/aromatic N) is 1. The molecule has 2 rings (SSSR count). The number of halogens is 3. The van der Waals surface area contributed by atoms with E-state index in [1.165, 1.54) is 6.07 Å². The molecular weight excluding hydrogens is 259 g/mol. The smallest absolute Gasteiger partial charge is 0.259 e. The normalized spacial score (nSPS) is 10.3. The van der Waals surface area contributed by atoms with Crippen molar-refractivity contribution in [1.29, 1.82) is 0 Å². The van der Waals surface area contributed by atoms with Crippen LogP contribution in [0, 0.1) is 17.5 Å². The maximum atomic E-state index is 13.0. The molecule has 98 valence electrons. The van der Waals surface area contributed by atoms with E-state index in [0.717, 1.165) is 24.4 Å². The summed E-state index contributed by atoms with van der Waals surface area (Å²) >= 11 is 0. The maximum absolute atomic E-state index is 13.0. The molecule has 0 aliphatic rings. The van der Waals surface area contributed by atoms with Gasteiger partial charge in [-0.2, -0.15) is 0 Å². The zero-order chi connectivity index (χ0) is 14.0. The standard InChI is InChI=1S/C12H8F3N3O/c13-6-3-8(11(16)17-5-6)12(19)18-7-1-2-9(14)10(15)4-7/h1-5H,(H2,16,17)(H,18,19). The van der Waals surface area contributed by atoms with Crippen molar-refractivity contribution in [2.45, 2.75) is 0 Å². The van der Waals surface area contributed by atoms with E-state index in [-0.39, 0.29) is 17.1 Å². The number of hydrogen-bond acceptors (Lipinski definition) is 3. The van der Waals surface area contributed by atoms with E-state index < -0.39 is 23.4 Å². The Balaban J connectivity index is 2.25. The van der Waals surface area contributed by atoms with Crippen LogP contribution in [0.5, 0.6) is 0 Å². The molecular formula is C12H8F3N3O. The fourth-order valence-electron chi connectivity index (χ4n) is 1.40. The van der Waals surface area contributed by atoms with Crippen LogP contribution in [-0.2, 0) is 0 Å². The third-order valence-electron chi connectivity index (χ3n) is 2.31. The quantitative estimate of drug-likeness (QED) is 0.877. The lowest BCUT2D eigenvalue weighted by Crippen LogP contribution is -2.15. The molecule has 7 heteroatoms. The highest BCUT2D eigenvalue weighted by Gasteiger charge is 2.13. The molecule has 0 atom stereocenters. The van der Waals surface area contributed by atoms with Gasteiger partial charge in [-0.25, -0.2) is 18.2 Å². The summed E-state index contributed by atoms with van der Waals surface area (Å²) in [6.45, 7) is 0. The molecule has 0 unspecified atom stereocenters. The van der Waals surface area contributed by atoms with Crippen molar-refractivity contribution in [3.8, 4) is 0 Å². The number of rotatable bonds is 2. The second-order valence-corrected chi connectivity index (χ2v) is 3.67. The summed E-state index contributed by atoms with van der Waals surface area (Å²) in [4.78, 5) is 15.3. The number of nitrogens with one attached hydrogen (secondary N) is 1. The molecule has 2 aromatic rings. The first kappa shape index (κ1) is 12.9. The molecule has 1 amide bonds. The Hall–Kier alpha value is -2.57. The molecule has 0 saturated heterocycles. The van der Waals surface area contributed by atoms with Crippen LogP contribution in [0.15, 0.2) is 30.5 Å². The first-order chi connectivity index (χ1) is 8.97. The molecule has 1 aromatic carbocycles. The molecule has 19 heavy (non-hydrogen) atoms. The Morgan fingerprint density at radius 2 is 1.89 bits per heavy atom. The number of nitrogens with two attached hydrogens (primary N) is 1. The minimum atomic E-state index is -1.11. The molecule has 0 saturated carbocycles. The van der Waals surface area contributed by atoms with Crippen LogP contribution in [0.25, 0.3) is 0 Å². The molecule has 3 N–H and O–H groups in total. The zero-order valence-corrected chi connectivity index (χ0v) is 9.45. The lowest BCUT2D eigenvalue weighted by Gasteiger charge is -2.07. The van der Waals surface area contributed by atoms with Crippen molar-refractivity contribution < 1.29 is 18.0 Å². The largest absolute Gasteiger partial charge is 0.383 e. The summed E-state index contributed by atoms with van der Waals surface area (Å²) in [5.41, 5.74) is 5.26. The highest BCUT2D eigenvalue weighted by atomic mass is 19.2. The number of anilines is 2. The van der Waals surface area contributed by atoms with E-state index in [0.29, 0.717) is 0 Å². The predicted octanol–water partition coefficient (Wildman–Crippen LogP) is 2.33. The predicted molar refractivity (Wildman–Crippen MR) is 62.9 cm³/mol. The maximum Gasteiger partial charge on any atom is 0.259 e. The number of nitrogen functional groups attached to an aromatic ring is 1. The summed E-state index contributed by atoms with van der Waals surface area (Å²) in [6.07, 6.45) is 0.865. The Morgan fingerprint density at radius 3 is 2.58 bits per heavy atom. The third kappa shape index (κ3) is 2.82. The van der Waals surface area contributed by atoms with E-state index in [9.17, 15) is 18.0 Å². The van der Waals surface area contributed by atoms with Gasteiger partial charge in [0.2, 0.25) is 0 Å². The highest BCUT2D eigenvalue weighted by Crippen LogP contribution is 2.16. The summed E-state index contributed by atoms with van der Waals surface area (Å²) in [6, 6.07) is 3.73. The van der Waals surface area contributed by atoms with Gasteiger partial charge >= 0.3 is 0 Å². The van der Waals surface area contributed by atoms with Gasteiger partial charge in [-0.15, -0.1) is 0 Å². The van der Waals surface area contributed by atoms with Gasteiger partial charge < -0.3 is 11.1 Å². The number of carbonyl (C=O) groups excluding carboxylic acids is 1.